The van der Waals surface area contributed by atoms with E-state index in [0.29, 0.717) is 47.2 Å². The van der Waals surface area contributed by atoms with Crippen LogP contribution in [0.4, 0.5) is 8.78 Å². The number of hydrogen-bond donors (Lipinski definition) is 1. The number of aliphatic carboxylic acids is 1. The number of aromatic nitrogens is 2. The number of rotatable bonds is 12. The summed E-state index contributed by atoms with van der Waals surface area (Å²) in [5.74, 6) is -0.516. The minimum atomic E-state index is -1.03. The third-order valence-electron chi connectivity index (χ3n) is 8.60. The van der Waals surface area contributed by atoms with Crippen LogP contribution in [0.25, 0.3) is 11.0 Å². The highest BCUT2D eigenvalue weighted by Gasteiger charge is 2.43. The zero-order chi connectivity index (χ0) is 31.6. The highest BCUT2D eigenvalue weighted by molar-refractivity contribution is 6.30. The molecule has 0 unspecified atom stereocenters. The molecular formula is C34H33ClF2N4O4. The Bertz CT molecular complexity index is 1760. The summed E-state index contributed by atoms with van der Waals surface area (Å²) in [5, 5.41) is 19.0. The molecule has 234 valence electrons. The molecule has 1 aliphatic heterocycles. The lowest BCUT2D eigenvalue weighted by atomic mass is 10.0. The molecule has 8 nitrogen and oxygen atoms in total. The van der Waals surface area contributed by atoms with Crippen LogP contribution >= 0.6 is 11.6 Å². The zero-order valence-electron chi connectivity index (χ0n) is 24.6. The quantitative estimate of drug-likeness (QED) is 0.181. The summed E-state index contributed by atoms with van der Waals surface area (Å²) >= 11 is 5.82. The van der Waals surface area contributed by atoms with Crippen molar-refractivity contribution < 1.29 is 28.2 Å². The van der Waals surface area contributed by atoms with Crippen LogP contribution in [0.15, 0.2) is 54.6 Å². The lowest BCUT2D eigenvalue weighted by Crippen LogP contribution is -2.38. The second-order valence-corrected chi connectivity index (χ2v) is 12.5. The van der Waals surface area contributed by atoms with Crippen molar-refractivity contribution in [1.29, 1.82) is 5.26 Å². The average molecular weight is 635 g/mol. The Morgan fingerprint density at radius 2 is 1.89 bits per heavy atom. The van der Waals surface area contributed by atoms with Gasteiger partial charge in [-0.25, -0.2) is 13.8 Å². The van der Waals surface area contributed by atoms with Crippen LogP contribution in [-0.2, 0) is 30.9 Å². The van der Waals surface area contributed by atoms with Gasteiger partial charge in [0.25, 0.3) is 0 Å². The van der Waals surface area contributed by atoms with E-state index in [2.05, 4.69) is 16.0 Å². The summed E-state index contributed by atoms with van der Waals surface area (Å²) in [5.41, 5.74) is 1.89. The number of likely N-dealkylation sites (tertiary alicyclic amines) is 1. The van der Waals surface area contributed by atoms with Gasteiger partial charge in [-0.3, -0.25) is 9.69 Å². The molecule has 0 amide bonds. The number of benzene rings is 3. The van der Waals surface area contributed by atoms with E-state index in [0.717, 1.165) is 44.3 Å². The maximum atomic E-state index is 15.1. The normalized spacial score (nSPS) is 16.4. The molecule has 0 atom stereocenters. The van der Waals surface area contributed by atoms with Gasteiger partial charge < -0.3 is 19.1 Å². The molecule has 2 aliphatic rings. The van der Waals surface area contributed by atoms with Gasteiger partial charge in [-0.2, -0.15) is 5.26 Å². The molecule has 1 aromatic heterocycles. The molecule has 4 aromatic rings. The van der Waals surface area contributed by atoms with Gasteiger partial charge in [0.05, 0.1) is 24.6 Å². The van der Waals surface area contributed by atoms with Crippen LogP contribution in [0.2, 0.25) is 5.02 Å². The fraction of sp³-hybridized carbons (Fsp3) is 0.382. The van der Waals surface area contributed by atoms with Gasteiger partial charge in [-0.1, -0.05) is 23.7 Å². The molecule has 11 heteroatoms. The third-order valence-corrected chi connectivity index (χ3v) is 8.83. The highest BCUT2D eigenvalue weighted by atomic mass is 35.5. The van der Waals surface area contributed by atoms with Crippen molar-refractivity contribution in [2.45, 2.75) is 64.3 Å². The van der Waals surface area contributed by atoms with E-state index < -0.39 is 17.6 Å². The van der Waals surface area contributed by atoms with Crippen LogP contribution in [-0.4, -0.2) is 44.7 Å². The Morgan fingerprint density at radius 1 is 1.09 bits per heavy atom. The summed E-state index contributed by atoms with van der Waals surface area (Å²) in [4.78, 5) is 18.3. The van der Waals surface area contributed by atoms with Crippen molar-refractivity contribution in [2.24, 2.45) is 5.41 Å². The largest absolute Gasteiger partial charge is 0.490 e. The number of carbonyl (C=O) groups is 1. The molecule has 1 saturated carbocycles. The van der Waals surface area contributed by atoms with Crippen molar-refractivity contribution in [3.63, 3.8) is 0 Å². The average Bonchev–Trinajstić information content (AvgIpc) is 3.68. The lowest BCUT2D eigenvalue weighted by molar-refractivity contribution is -0.136. The van der Waals surface area contributed by atoms with Crippen molar-refractivity contribution in [2.75, 3.05) is 13.1 Å². The summed E-state index contributed by atoms with van der Waals surface area (Å²) < 4.78 is 43.1. The van der Waals surface area contributed by atoms with Crippen LogP contribution < -0.4 is 9.47 Å². The van der Waals surface area contributed by atoms with Crippen molar-refractivity contribution in [1.82, 2.24) is 14.5 Å². The molecule has 0 bridgehead atoms. The van der Waals surface area contributed by atoms with Crippen LogP contribution in [0.1, 0.15) is 49.1 Å². The van der Waals surface area contributed by atoms with Gasteiger partial charge in [0.1, 0.15) is 29.8 Å². The molecular weight excluding hydrogens is 602 g/mol. The summed E-state index contributed by atoms with van der Waals surface area (Å²) in [7, 11) is 0. The number of nitrogens with zero attached hydrogens (tertiary/aromatic N) is 4. The number of ether oxygens (including phenoxy) is 2. The Kier molecular flexibility index (Phi) is 8.92. The standard InChI is InChI=1S/C34H33ClF2N4O4/c35-24-4-5-30(27(36)18-24)44-20-22-2-1-3-26(14-22)45-25-6-12-40(13-7-25)19-31-39-33-28(37)15-23(17-32(42)43)16-29(33)41(31)21-34(8-9-34)10-11-38/h1-5,14-16,18,25H,6-10,12-13,17,19-21H2,(H,42,43). The smallest absolute Gasteiger partial charge is 0.307 e. The molecule has 2 fully saturated rings. The maximum absolute atomic E-state index is 15.1. The Morgan fingerprint density at radius 3 is 2.60 bits per heavy atom. The molecule has 2 heterocycles. The van der Waals surface area contributed by atoms with Crippen molar-refractivity contribution in [3.8, 4) is 17.6 Å². The maximum Gasteiger partial charge on any atom is 0.307 e. The monoisotopic (exact) mass is 634 g/mol. The van der Waals surface area contributed by atoms with E-state index in [4.69, 9.17) is 21.1 Å². The first-order valence-corrected chi connectivity index (χ1v) is 15.4. The number of carboxylic acids is 1. The topological polar surface area (TPSA) is 101 Å². The molecule has 45 heavy (non-hydrogen) atoms. The minimum Gasteiger partial charge on any atom is -0.490 e. The van der Waals surface area contributed by atoms with Crippen molar-refractivity contribution in [3.05, 3.63) is 88.2 Å². The lowest BCUT2D eigenvalue weighted by Gasteiger charge is -2.32. The number of imidazole rings is 1. The molecule has 3 aromatic carbocycles. The molecule has 1 saturated heterocycles. The van der Waals surface area contributed by atoms with E-state index in [-0.39, 0.29) is 35.8 Å². The first kappa shape index (κ1) is 30.8. The van der Waals surface area contributed by atoms with Gasteiger partial charge in [0.15, 0.2) is 17.4 Å². The second-order valence-electron chi connectivity index (χ2n) is 12.1. The SMILES string of the molecule is N#CCC1(Cn2c(CN3CCC(Oc4cccc(COc5ccc(Cl)cc5F)c4)CC3)nc3c(F)cc(CC(=O)O)cc32)CC1. The molecule has 0 radical (unpaired) electrons. The first-order valence-electron chi connectivity index (χ1n) is 15.0. The number of carboxylic acid groups (broad SMARTS) is 1. The van der Waals surface area contributed by atoms with Gasteiger partial charge >= 0.3 is 5.97 Å². The van der Waals surface area contributed by atoms with E-state index >= 15 is 4.39 Å². The second kappa shape index (κ2) is 13.0. The molecule has 6 rings (SSSR count). The van der Waals surface area contributed by atoms with Crippen LogP contribution in [0.3, 0.4) is 0 Å². The van der Waals surface area contributed by atoms with Gasteiger partial charge in [0.2, 0.25) is 0 Å². The fourth-order valence-electron chi connectivity index (χ4n) is 5.97. The molecule has 1 aliphatic carbocycles. The third kappa shape index (κ3) is 7.38. The predicted octanol–water partition coefficient (Wildman–Crippen LogP) is 6.91. The summed E-state index contributed by atoms with van der Waals surface area (Å²) in [6.45, 7) is 2.74. The van der Waals surface area contributed by atoms with Crippen LogP contribution in [0, 0.1) is 28.4 Å². The summed E-state index contributed by atoms with van der Waals surface area (Å²) in [6, 6.07) is 17.1. The van der Waals surface area contributed by atoms with Crippen molar-refractivity contribution >= 4 is 28.6 Å². The summed E-state index contributed by atoms with van der Waals surface area (Å²) in [6.07, 6.45) is 3.55. The Hall–Kier alpha value is -4.20. The number of hydrogen-bond acceptors (Lipinski definition) is 6. The van der Waals surface area contributed by atoms with E-state index in [1.165, 1.54) is 18.2 Å². The van der Waals surface area contributed by atoms with Gasteiger partial charge in [0, 0.05) is 36.5 Å². The Balaban J connectivity index is 1.11. The first-order chi connectivity index (χ1) is 21.7. The Labute approximate surface area is 264 Å². The number of fused-ring (bicyclic) bond motifs is 1. The zero-order valence-corrected chi connectivity index (χ0v) is 25.4. The molecule has 0 spiro atoms. The van der Waals surface area contributed by atoms with Gasteiger partial charge in [-0.15, -0.1) is 0 Å². The van der Waals surface area contributed by atoms with E-state index in [1.807, 2.05) is 28.8 Å². The van der Waals surface area contributed by atoms with E-state index in [9.17, 15) is 19.6 Å². The molecule has 1 N–H and O–H groups in total. The minimum absolute atomic E-state index is 0.00586. The van der Waals surface area contributed by atoms with E-state index in [1.54, 1.807) is 12.1 Å². The highest BCUT2D eigenvalue weighted by Crippen LogP contribution is 2.50. The number of nitriles is 1. The fourth-order valence-corrected chi connectivity index (χ4v) is 6.13. The van der Waals surface area contributed by atoms with Crippen LogP contribution in [0.5, 0.6) is 11.5 Å². The number of halogens is 3. The van der Waals surface area contributed by atoms with Gasteiger partial charge in [-0.05, 0) is 79.3 Å². The number of piperidine rings is 1. The predicted molar refractivity (Wildman–Crippen MR) is 164 cm³/mol.